The third-order valence-corrected chi connectivity index (χ3v) is 8.86. The largest absolute Gasteiger partial charge is 0.456 e. The van der Waals surface area contributed by atoms with E-state index < -0.39 is 0 Å². The van der Waals surface area contributed by atoms with Crippen molar-refractivity contribution in [3.63, 3.8) is 0 Å². The van der Waals surface area contributed by atoms with Crippen molar-refractivity contribution < 1.29 is 4.42 Å². The van der Waals surface area contributed by atoms with Crippen LogP contribution in [0, 0.1) is 0 Å². The average molecular weight is 550 g/mol. The number of nitrogens with zero attached hydrogens (tertiary/aromatic N) is 1. The van der Waals surface area contributed by atoms with Gasteiger partial charge in [0.05, 0.1) is 11.0 Å². The summed E-state index contributed by atoms with van der Waals surface area (Å²) in [6.07, 6.45) is 0.848. The van der Waals surface area contributed by atoms with E-state index in [-0.39, 0.29) is 0 Å². The average Bonchev–Trinajstić information content (AvgIpc) is 3.61. The smallest absolute Gasteiger partial charge is 0.136 e. The van der Waals surface area contributed by atoms with Crippen LogP contribution in [0.15, 0.2) is 156 Å². The minimum Gasteiger partial charge on any atom is -0.456 e. The van der Waals surface area contributed by atoms with Crippen LogP contribution >= 0.6 is 0 Å². The molecule has 0 spiro atoms. The molecule has 7 aromatic carbocycles. The second-order valence-electron chi connectivity index (χ2n) is 11.3. The highest BCUT2D eigenvalue weighted by molar-refractivity contribution is 6.19. The molecule has 0 bridgehead atoms. The zero-order chi connectivity index (χ0) is 28.3. The Hall–Kier alpha value is -5.60. The molecular formula is C41H27NO. The van der Waals surface area contributed by atoms with E-state index in [0.29, 0.717) is 0 Å². The van der Waals surface area contributed by atoms with Crippen LogP contribution in [0.2, 0.25) is 0 Å². The van der Waals surface area contributed by atoms with Crippen LogP contribution in [0.5, 0.6) is 0 Å². The zero-order valence-corrected chi connectivity index (χ0v) is 23.5. The summed E-state index contributed by atoms with van der Waals surface area (Å²) in [7, 11) is 0. The molecule has 0 fully saturated rings. The first-order valence-electron chi connectivity index (χ1n) is 14.8. The summed E-state index contributed by atoms with van der Waals surface area (Å²) in [5.41, 5.74) is 10.5. The number of furan rings is 1. The maximum Gasteiger partial charge on any atom is 0.136 e. The van der Waals surface area contributed by atoms with E-state index in [0.717, 1.165) is 17.6 Å². The lowest BCUT2D eigenvalue weighted by atomic mass is 9.94. The zero-order valence-electron chi connectivity index (χ0n) is 23.5. The molecule has 0 radical (unpaired) electrons. The number of benzene rings is 7. The molecule has 0 aliphatic rings. The van der Waals surface area contributed by atoms with Crippen LogP contribution in [-0.4, -0.2) is 4.57 Å². The molecule has 2 heterocycles. The minimum atomic E-state index is 0.848. The standard InChI is InChI=1S/C41H27NO/c1-2-12-35-32(9-1)30(26-40-41(35)36-13-5-8-16-39(36)43-40)25-27-17-19-28(20-18-27)29-21-23-31(24-22-29)42-37-14-6-3-10-33(37)34-11-4-7-15-38(34)42/h1-24,26H,25H2. The van der Waals surface area contributed by atoms with E-state index in [2.05, 4.69) is 150 Å². The summed E-state index contributed by atoms with van der Waals surface area (Å²) in [6.45, 7) is 0. The summed E-state index contributed by atoms with van der Waals surface area (Å²) in [5, 5.41) is 7.48. The summed E-state index contributed by atoms with van der Waals surface area (Å²) >= 11 is 0. The van der Waals surface area contributed by atoms with E-state index in [1.54, 1.807) is 0 Å². The Kier molecular flexibility index (Phi) is 5.30. The second-order valence-corrected chi connectivity index (χ2v) is 11.3. The normalized spacial score (nSPS) is 11.8. The van der Waals surface area contributed by atoms with Gasteiger partial charge in [-0.15, -0.1) is 0 Å². The van der Waals surface area contributed by atoms with Gasteiger partial charge in [-0.2, -0.15) is 0 Å². The molecule has 9 rings (SSSR count). The van der Waals surface area contributed by atoms with Crippen LogP contribution in [0.25, 0.3) is 71.3 Å². The van der Waals surface area contributed by atoms with Crippen molar-refractivity contribution in [1.29, 1.82) is 0 Å². The first kappa shape index (κ1) is 24.0. The highest BCUT2D eigenvalue weighted by atomic mass is 16.3. The maximum atomic E-state index is 6.30. The predicted octanol–water partition coefficient (Wildman–Crippen LogP) is 11.1. The van der Waals surface area contributed by atoms with Crippen molar-refractivity contribution in [2.45, 2.75) is 6.42 Å². The summed E-state index contributed by atoms with van der Waals surface area (Å²) in [6, 6.07) is 54.5. The van der Waals surface area contributed by atoms with Gasteiger partial charge in [-0.05, 0) is 75.8 Å². The van der Waals surface area contributed by atoms with Gasteiger partial charge in [0.15, 0.2) is 0 Å². The van der Waals surface area contributed by atoms with Crippen molar-refractivity contribution in [3.05, 3.63) is 163 Å². The molecule has 2 heteroatoms. The van der Waals surface area contributed by atoms with Crippen LogP contribution < -0.4 is 0 Å². The van der Waals surface area contributed by atoms with Crippen LogP contribution in [-0.2, 0) is 6.42 Å². The molecular weight excluding hydrogens is 522 g/mol. The SMILES string of the molecule is c1ccc2c(c1)oc1cc(Cc3ccc(-c4ccc(-n5c6ccccc6c6ccccc65)cc4)cc3)c3ccccc3c12. The minimum absolute atomic E-state index is 0.848. The molecule has 43 heavy (non-hydrogen) atoms. The van der Waals surface area contributed by atoms with Crippen molar-refractivity contribution >= 4 is 54.5 Å². The van der Waals surface area contributed by atoms with Gasteiger partial charge in [-0.25, -0.2) is 0 Å². The van der Waals surface area contributed by atoms with Crippen LogP contribution in [0.4, 0.5) is 0 Å². The monoisotopic (exact) mass is 549 g/mol. The van der Waals surface area contributed by atoms with Gasteiger partial charge < -0.3 is 8.98 Å². The Morgan fingerprint density at radius 2 is 0.977 bits per heavy atom. The third kappa shape index (κ3) is 3.80. The molecule has 0 amide bonds. The van der Waals surface area contributed by atoms with Gasteiger partial charge in [0.1, 0.15) is 11.2 Å². The summed E-state index contributed by atoms with van der Waals surface area (Å²) < 4.78 is 8.66. The van der Waals surface area contributed by atoms with Gasteiger partial charge in [0.2, 0.25) is 0 Å². The van der Waals surface area contributed by atoms with Gasteiger partial charge in [0, 0.05) is 27.2 Å². The van der Waals surface area contributed by atoms with Crippen molar-refractivity contribution in [1.82, 2.24) is 4.57 Å². The van der Waals surface area contributed by atoms with Gasteiger partial charge in [-0.3, -0.25) is 0 Å². The number of hydrogen-bond acceptors (Lipinski definition) is 1. The van der Waals surface area contributed by atoms with Crippen molar-refractivity contribution in [3.8, 4) is 16.8 Å². The van der Waals surface area contributed by atoms with E-state index in [1.165, 1.54) is 71.3 Å². The van der Waals surface area contributed by atoms with Gasteiger partial charge in [-0.1, -0.05) is 115 Å². The third-order valence-electron chi connectivity index (χ3n) is 8.86. The topological polar surface area (TPSA) is 18.1 Å². The number of hydrogen-bond donors (Lipinski definition) is 0. The molecule has 202 valence electrons. The molecule has 0 aliphatic carbocycles. The number of rotatable bonds is 4. The first-order valence-corrected chi connectivity index (χ1v) is 14.8. The predicted molar refractivity (Wildman–Crippen MR) is 180 cm³/mol. The number of para-hydroxylation sites is 3. The Morgan fingerprint density at radius 1 is 0.442 bits per heavy atom. The van der Waals surface area contributed by atoms with Crippen LogP contribution in [0.1, 0.15) is 11.1 Å². The Labute approximate surface area is 249 Å². The lowest BCUT2D eigenvalue weighted by molar-refractivity contribution is 0.668. The summed E-state index contributed by atoms with van der Waals surface area (Å²) in [5.74, 6) is 0. The maximum absolute atomic E-state index is 6.30. The molecule has 0 aliphatic heterocycles. The van der Waals surface area contributed by atoms with E-state index in [1.807, 2.05) is 6.07 Å². The highest BCUT2D eigenvalue weighted by Crippen LogP contribution is 2.37. The van der Waals surface area contributed by atoms with Crippen molar-refractivity contribution in [2.75, 3.05) is 0 Å². The van der Waals surface area contributed by atoms with Gasteiger partial charge in [0.25, 0.3) is 0 Å². The number of aromatic nitrogens is 1. The lowest BCUT2D eigenvalue weighted by Crippen LogP contribution is -1.93. The van der Waals surface area contributed by atoms with E-state index in [9.17, 15) is 0 Å². The molecule has 0 atom stereocenters. The van der Waals surface area contributed by atoms with E-state index in [4.69, 9.17) is 4.42 Å². The quantitative estimate of drug-likeness (QED) is 0.213. The lowest BCUT2D eigenvalue weighted by Gasteiger charge is -2.11. The molecule has 2 nitrogen and oxygen atoms in total. The molecule has 0 unspecified atom stereocenters. The molecule has 2 aromatic heterocycles. The number of fused-ring (bicyclic) bond motifs is 8. The van der Waals surface area contributed by atoms with Crippen LogP contribution in [0.3, 0.4) is 0 Å². The molecule has 0 N–H and O–H groups in total. The second kappa shape index (κ2) is 9.47. The Morgan fingerprint density at radius 3 is 1.65 bits per heavy atom. The van der Waals surface area contributed by atoms with Gasteiger partial charge >= 0.3 is 0 Å². The summed E-state index contributed by atoms with van der Waals surface area (Å²) in [4.78, 5) is 0. The fourth-order valence-electron chi connectivity index (χ4n) is 6.85. The molecule has 0 saturated heterocycles. The molecule has 0 saturated carbocycles. The highest BCUT2D eigenvalue weighted by Gasteiger charge is 2.14. The first-order chi connectivity index (χ1) is 21.3. The fraction of sp³-hybridized carbons (Fsp3) is 0.0244. The fourth-order valence-corrected chi connectivity index (χ4v) is 6.85. The van der Waals surface area contributed by atoms with Crippen molar-refractivity contribution in [2.24, 2.45) is 0 Å². The Balaban J connectivity index is 1.05. The Bertz CT molecular complexity index is 2410. The molecule has 9 aromatic rings. The van der Waals surface area contributed by atoms with E-state index >= 15 is 0 Å².